The quantitative estimate of drug-likeness (QED) is 0.532. The van der Waals surface area contributed by atoms with Gasteiger partial charge in [0.05, 0.1) is 0 Å². The van der Waals surface area contributed by atoms with Crippen molar-refractivity contribution < 1.29 is 0 Å². The molecule has 0 spiro atoms. The summed E-state index contributed by atoms with van der Waals surface area (Å²) in [6.45, 7) is 13.7. The Kier molecular flexibility index (Phi) is 5.04. The van der Waals surface area contributed by atoms with Crippen molar-refractivity contribution in [3.8, 4) is 0 Å². The summed E-state index contributed by atoms with van der Waals surface area (Å²) in [6, 6.07) is 4.61. The molecule has 1 aromatic rings. The topological polar surface area (TPSA) is 0 Å². The number of allylic oxidation sites excluding steroid dienone is 2. The maximum atomic E-state index is 3.86. The van der Waals surface area contributed by atoms with E-state index in [1.165, 1.54) is 31.6 Å². The van der Waals surface area contributed by atoms with E-state index in [0.717, 1.165) is 6.42 Å². The molecule has 0 aliphatic heterocycles. The maximum Gasteiger partial charge on any atom is 0.0351 e. The van der Waals surface area contributed by atoms with Crippen molar-refractivity contribution in [3.05, 3.63) is 50.0 Å². The molecule has 22 heavy (non-hydrogen) atoms. The zero-order chi connectivity index (χ0) is 16.8. The van der Waals surface area contributed by atoms with Gasteiger partial charge in [0.1, 0.15) is 0 Å². The van der Waals surface area contributed by atoms with E-state index in [-0.39, 0.29) is 0 Å². The minimum Gasteiger partial charge on any atom is -0.209 e. The largest absolute Gasteiger partial charge is 0.209 e. The smallest absolute Gasteiger partial charge is 0.0351 e. The number of halogens is 1. The predicted octanol–water partition coefficient (Wildman–Crippen LogP) is 6.93. The van der Waals surface area contributed by atoms with Gasteiger partial charge < -0.3 is 0 Å². The van der Waals surface area contributed by atoms with E-state index >= 15 is 0 Å². The molecule has 1 aliphatic rings. The van der Waals surface area contributed by atoms with Crippen LogP contribution < -0.4 is 0 Å². The Morgan fingerprint density at radius 3 is 2.09 bits per heavy atom. The highest BCUT2D eigenvalue weighted by atomic mass is 79.9. The molecule has 122 valence electrons. The van der Waals surface area contributed by atoms with E-state index in [0.29, 0.717) is 5.25 Å². The van der Waals surface area contributed by atoms with Crippen LogP contribution >= 0.6 is 26.0 Å². The third-order valence-electron chi connectivity index (χ3n) is 5.22. The number of aryl methyl sites for hydroxylation is 2. The molecule has 1 unspecified atom stereocenters. The first-order chi connectivity index (χ1) is 10.1. The minimum absolute atomic E-state index is 0.593. The van der Waals surface area contributed by atoms with Crippen molar-refractivity contribution >= 4 is 26.0 Å². The van der Waals surface area contributed by atoms with Crippen LogP contribution in [0.5, 0.6) is 0 Å². The Balaban J connectivity index is 2.66. The summed E-state index contributed by atoms with van der Waals surface area (Å²) in [7, 11) is -0.956. The molecule has 1 aliphatic carbocycles. The zero-order valence-electron chi connectivity index (χ0n) is 15.2. The summed E-state index contributed by atoms with van der Waals surface area (Å²) in [4.78, 5) is 1.54. The van der Waals surface area contributed by atoms with E-state index < -0.39 is 10.0 Å². The van der Waals surface area contributed by atoms with Gasteiger partial charge in [-0.05, 0) is 97.8 Å². The molecular formula is C20H29BrS. The van der Waals surface area contributed by atoms with Gasteiger partial charge in [-0.25, -0.2) is 10.0 Å². The van der Waals surface area contributed by atoms with Crippen LogP contribution in [0.1, 0.15) is 45.2 Å². The standard InChI is InChI=1S/C20H29BrS/c1-9-17-15(5)14(4)16(6)20(17)22(7,8)19-13(3)10-12(2)11-18(19)21/h10-11,20H,9H2,1-8H3. The lowest BCUT2D eigenvalue weighted by atomic mass is 10.1. The van der Waals surface area contributed by atoms with Crippen LogP contribution in [0, 0.1) is 13.8 Å². The molecule has 0 nitrogen and oxygen atoms in total. The van der Waals surface area contributed by atoms with E-state index in [1.807, 2.05) is 0 Å². The molecule has 2 heteroatoms. The number of rotatable bonds is 3. The molecular weight excluding hydrogens is 352 g/mol. The van der Waals surface area contributed by atoms with Crippen molar-refractivity contribution in [2.45, 2.75) is 58.1 Å². The molecule has 0 aromatic heterocycles. The highest BCUT2D eigenvalue weighted by Gasteiger charge is 2.37. The van der Waals surface area contributed by atoms with Crippen LogP contribution in [0.2, 0.25) is 0 Å². The maximum absolute atomic E-state index is 3.86. The highest BCUT2D eigenvalue weighted by molar-refractivity contribution is 9.10. The summed E-state index contributed by atoms with van der Waals surface area (Å²) in [5.41, 5.74) is 9.05. The minimum atomic E-state index is -0.956. The third kappa shape index (κ3) is 2.73. The average molecular weight is 381 g/mol. The third-order valence-corrected chi connectivity index (χ3v) is 9.51. The molecule has 0 saturated heterocycles. The summed E-state index contributed by atoms with van der Waals surface area (Å²) in [5, 5.41) is 0.593. The van der Waals surface area contributed by atoms with E-state index in [4.69, 9.17) is 0 Å². The van der Waals surface area contributed by atoms with Crippen LogP contribution in [0.25, 0.3) is 0 Å². The average Bonchev–Trinajstić information content (AvgIpc) is 2.61. The van der Waals surface area contributed by atoms with Gasteiger partial charge >= 0.3 is 0 Å². The van der Waals surface area contributed by atoms with Crippen molar-refractivity contribution in [1.82, 2.24) is 0 Å². The Hall–Kier alpha value is -0.470. The van der Waals surface area contributed by atoms with Gasteiger partial charge in [0.15, 0.2) is 0 Å². The van der Waals surface area contributed by atoms with Crippen LogP contribution in [-0.4, -0.2) is 17.8 Å². The second-order valence-electron chi connectivity index (χ2n) is 6.99. The number of hydrogen-bond acceptors (Lipinski definition) is 0. The van der Waals surface area contributed by atoms with Crippen molar-refractivity contribution in [2.24, 2.45) is 0 Å². The lowest BCUT2D eigenvalue weighted by molar-refractivity contribution is 1.00. The fourth-order valence-electron chi connectivity index (χ4n) is 4.13. The second kappa shape index (κ2) is 6.20. The van der Waals surface area contributed by atoms with Gasteiger partial charge in [0, 0.05) is 14.6 Å². The summed E-state index contributed by atoms with van der Waals surface area (Å²) in [6.07, 6.45) is 6.14. The lowest BCUT2D eigenvalue weighted by Gasteiger charge is -2.43. The van der Waals surface area contributed by atoms with Crippen molar-refractivity contribution in [2.75, 3.05) is 12.5 Å². The Bertz CT molecular complexity index is 654. The summed E-state index contributed by atoms with van der Waals surface area (Å²) < 4.78 is 1.29. The van der Waals surface area contributed by atoms with Gasteiger partial charge in [-0.1, -0.05) is 24.1 Å². The second-order valence-corrected chi connectivity index (χ2v) is 11.5. The van der Waals surface area contributed by atoms with E-state index in [2.05, 4.69) is 82.1 Å². The molecule has 0 radical (unpaired) electrons. The van der Waals surface area contributed by atoms with E-state index in [1.54, 1.807) is 11.1 Å². The predicted molar refractivity (Wildman–Crippen MR) is 106 cm³/mol. The molecule has 1 aromatic carbocycles. The van der Waals surface area contributed by atoms with Crippen molar-refractivity contribution in [1.29, 1.82) is 0 Å². The monoisotopic (exact) mass is 380 g/mol. The zero-order valence-corrected chi connectivity index (χ0v) is 17.6. The number of hydrogen-bond donors (Lipinski definition) is 0. The van der Waals surface area contributed by atoms with Gasteiger partial charge in [-0.15, -0.1) is 0 Å². The first kappa shape index (κ1) is 17.9. The Morgan fingerprint density at radius 1 is 1.00 bits per heavy atom. The van der Waals surface area contributed by atoms with Gasteiger partial charge in [-0.2, -0.15) is 0 Å². The molecule has 2 rings (SSSR count). The molecule has 0 fully saturated rings. The first-order valence-electron chi connectivity index (χ1n) is 7.99. The molecule has 0 saturated carbocycles. The van der Waals surface area contributed by atoms with Crippen LogP contribution in [0.3, 0.4) is 0 Å². The highest BCUT2D eigenvalue weighted by Crippen LogP contribution is 2.64. The Labute approximate surface area is 146 Å². The first-order valence-corrected chi connectivity index (χ1v) is 11.3. The SMILES string of the molecule is CCC1=C(C)C(C)=C(C)C1S(C)(C)c1c(C)cc(C)cc1Br. The van der Waals surface area contributed by atoms with Gasteiger partial charge in [0.25, 0.3) is 0 Å². The van der Waals surface area contributed by atoms with Crippen LogP contribution in [0.15, 0.2) is 43.8 Å². The Morgan fingerprint density at radius 2 is 1.59 bits per heavy atom. The number of benzene rings is 1. The van der Waals surface area contributed by atoms with Gasteiger partial charge in [0.2, 0.25) is 0 Å². The normalized spacial score (nSPS) is 20.1. The van der Waals surface area contributed by atoms with E-state index in [9.17, 15) is 0 Å². The van der Waals surface area contributed by atoms with Crippen molar-refractivity contribution in [3.63, 3.8) is 0 Å². The van der Waals surface area contributed by atoms with Crippen LogP contribution in [-0.2, 0) is 0 Å². The fourth-order valence-corrected chi connectivity index (χ4v) is 9.85. The molecule has 0 heterocycles. The summed E-state index contributed by atoms with van der Waals surface area (Å²) in [5.74, 6) is 0. The van der Waals surface area contributed by atoms with Crippen LogP contribution in [0.4, 0.5) is 0 Å². The summed E-state index contributed by atoms with van der Waals surface area (Å²) >= 11 is 3.86. The molecule has 0 amide bonds. The lowest BCUT2D eigenvalue weighted by Crippen LogP contribution is -2.20. The molecule has 1 atom stereocenters. The van der Waals surface area contributed by atoms with Gasteiger partial charge in [-0.3, -0.25) is 0 Å². The molecule has 0 N–H and O–H groups in total. The fraction of sp³-hybridized carbons (Fsp3) is 0.500. The molecule has 0 bridgehead atoms.